The molecule has 0 amide bonds. The number of hydrogen-bond donors (Lipinski definition) is 0. The molecule has 2 aromatic rings. The van der Waals surface area contributed by atoms with Crippen molar-refractivity contribution < 1.29 is 29.1 Å². The molecule has 1 fully saturated rings. The topological polar surface area (TPSA) is 71.1 Å². The molecule has 0 spiro atoms. The lowest BCUT2D eigenvalue weighted by atomic mass is 9.95. The van der Waals surface area contributed by atoms with Gasteiger partial charge in [0.05, 0.1) is 11.1 Å². The molecule has 1 atom stereocenters. The predicted octanol–water partition coefficient (Wildman–Crippen LogP) is 4.47. The fraction of sp³-hybridized carbons (Fsp3) is 0.273. The van der Waals surface area contributed by atoms with Gasteiger partial charge in [0.1, 0.15) is 6.10 Å². The van der Waals surface area contributed by atoms with Crippen molar-refractivity contribution in [2.45, 2.75) is 39.2 Å². The van der Waals surface area contributed by atoms with Gasteiger partial charge in [0, 0.05) is 0 Å². The maximum Gasteiger partial charge on any atom is 0.373 e. The Bertz CT molecular complexity index is 727. The van der Waals surface area contributed by atoms with Crippen LogP contribution in [0.2, 0.25) is 0 Å². The monoisotopic (exact) mass is 382 g/mol. The van der Waals surface area contributed by atoms with Gasteiger partial charge in [-0.1, -0.05) is 35.4 Å². The first-order valence-electron chi connectivity index (χ1n) is 9.12. The van der Waals surface area contributed by atoms with E-state index in [0.717, 1.165) is 24.0 Å². The Morgan fingerprint density at radius 1 is 0.821 bits per heavy atom. The molecule has 1 aliphatic rings. The van der Waals surface area contributed by atoms with E-state index in [1.807, 2.05) is 38.1 Å². The Kier molecular flexibility index (Phi) is 6.79. The SMILES string of the molecule is Cc1ccc(C(=O)OO[C]2CCC[CH]C2OOC(=O)c2ccc(C)cc2)cc1. The smallest absolute Gasteiger partial charge is 0.292 e. The average molecular weight is 382 g/mol. The molecule has 146 valence electrons. The molecular weight excluding hydrogens is 360 g/mol. The fourth-order valence-corrected chi connectivity index (χ4v) is 2.66. The normalized spacial score (nSPS) is 17.1. The van der Waals surface area contributed by atoms with Crippen LogP contribution in [-0.2, 0) is 19.6 Å². The quantitative estimate of drug-likeness (QED) is 0.542. The zero-order valence-corrected chi connectivity index (χ0v) is 15.8. The van der Waals surface area contributed by atoms with Crippen LogP contribution in [0.25, 0.3) is 0 Å². The standard InChI is InChI=1S/C22H22O6/c1-15-7-11-17(12-8-15)21(23)27-25-19-5-3-4-6-20(19)26-28-22(24)18-13-9-16(2)10-14-18/h5,7-14,19H,3-4,6H2,1-2H3. The first-order chi connectivity index (χ1) is 13.5. The Labute approximate surface area is 164 Å². The molecule has 0 N–H and O–H groups in total. The van der Waals surface area contributed by atoms with Crippen LogP contribution in [0.1, 0.15) is 51.1 Å². The molecule has 6 heteroatoms. The van der Waals surface area contributed by atoms with Gasteiger partial charge in [-0.25, -0.2) is 9.59 Å². The Balaban J connectivity index is 1.52. The van der Waals surface area contributed by atoms with Gasteiger partial charge in [-0.3, -0.25) is 9.78 Å². The van der Waals surface area contributed by atoms with Crippen molar-refractivity contribution in [1.82, 2.24) is 0 Å². The summed E-state index contributed by atoms with van der Waals surface area (Å²) in [5.74, 6) is -1.21. The van der Waals surface area contributed by atoms with Crippen molar-refractivity contribution >= 4 is 11.9 Å². The van der Waals surface area contributed by atoms with E-state index in [2.05, 4.69) is 0 Å². The van der Waals surface area contributed by atoms with Gasteiger partial charge in [0.15, 0.2) is 6.10 Å². The lowest BCUT2D eigenvalue weighted by Gasteiger charge is -2.26. The third-order valence-electron chi connectivity index (χ3n) is 4.35. The van der Waals surface area contributed by atoms with Crippen LogP contribution < -0.4 is 0 Å². The van der Waals surface area contributed by atoms with E-state index in [1.54, 1.807) is 30.7 Å². The number of aryl methyl sites for hydroxylation is 2. The summed E-state index contributed by atoms with van der Waals surface area (Å²) in [7, 11) is 0. The number of carbonyl (C=O) groups is 2. The number of hydrogen-bond acceptors (Lipinski definition) is 6. The summed E-state index contributed by atoms with van der Waals surface area (Å²) in [6.07, 6.45) is 3.61. The van der Waals surface area contributed by atoms with Gasteiger partial charge in [-0.05, 0) is 63.8 Å². The lowest BCUT2D eigenvalue weighted by Crippen LogP contribution is -2.30. The molecule has 0 bridgehead atoms. The van der Waals surface area contributed by atoms with Crippen LogP contribution >= 0.6 is 0 Å². The molecule has 2 aromatic carbocycles. The van der Waals surface area contributed by atoms with Gasteiger partial charge in [0.2, 0.25) is 0 Å². The van der Waals surface area contributed by atoms with E-state index >= 15 is 0 Å². The fourth-order valence-electron chi connectivity index (χ4n) is 2.66. The maximum atomic E-state index is 12.1. The molecule has 0 aromatic heterocycles. The molecular formula is C22H22O6. The molecule has 0 aliphatic heterocycles. The van der Waals surface area contributed by atoms with Crippen LogP contribution in [0.15, 0.2) is 48.5 Å². The Hall–Kier alpha value is -2.70. The zero-order chi connectivity index (χ0) is 19.9. The van der Waals surface area contributed by atoms with Crippen molar-refractivity contribution in [2.24, 2.45) is 0 Å². The minimum absolute atomic E-state index is 0.378. The first kappa shape index (κ1) is 20.0. The molecule has 1 unspecified atom stereocenters. The van der Waals surface area contributed by atoms with E-state index in [-0.39, 0.29) is 0 Å². The van der Waals surface area contributed by atoms with Crippen molar-refractivity contribution in [2.75, 3.05) is 0 Å². The van der Waals surface area contributed by atoms with E-state index in [4.69, 9.17) is 19.6 Å². The average Bonchev–Trinajstić information content (AvgIpc) is 2.72. The summed E-state index contributed by atoms with van der Waals surface area (Å²) < 4.78 is 0. The van der Waals surface area contributed by atoms with Crippen LogP contribution in [-0.4, -0.2) is 18.0 Å². The summed E-state index contributed by atoms with van der Waals surface area (Å²) in [4.78, 5) is 44.5. The molecule has 1 saturated carbocycles. The Morgan fingerprint density at radius 2 is 1.36 bits per heavy atom. The van der Waals surface area contributed by atoms with Crippen molar-refractivity contribution in [3.8, 4) is 0 Å². The summed E-state index contributed by atoms with van der Waals surface area (Å²) in [6.45, 7) is 3.86. The second-order valence-electron chi connectivity index (χ2n) is 6.67. The molecule has 28 heavy (non-hydrogen) atoms. The van der Waals surface area contributed by atoms with E-state index < -0.39 is 18.0 Å². The van der Waals surface area contributed by atoms with Crippen LogP contribution in [0.3, 0.4) is 0 Å². The van der Waals surface area contributed by atoms with Crippen molar-refractivity contribution in [3.05, 3.63) is 83.3 Å². The van der Waals surface area contributed by atoms with Crippen molar-refractivity contribution in [1.29, 1.82) is 0 Å². The largest absolute Gasteiger partial charge is 0.373 e. The third kappa shape index (κ3) is 5.41. The highest BCUT2D eigenvalue weighted by Gasteiger charge is 2.33. The number of carbonyl (C=O) groups excluding carboxylic acids is 2. The molecule has 1 aliphatic carbocycles. The minimum Gasteiger partial charge on any atom is -0.292 e. The molecule has 0 heterocycles. The highest BCUT2D eigenvalue weighted by Crippen LogP contribution is 2.30. The highest BCUT2D eigenvalue weighted by atomic mass is 17.2. The van der Waals surface area contributed by atoms with Gasteiger partial charge >= 0.3 is 11.9 Å². The van der Waals surface area contributed by atoms with Gasteiger partial charge in [0.25, 0.3) is 0 Å². The molecule has 3 rings (SSSR count). The zero-order valence-electron chi connectivity index (χ0n) is 15.8. The number of rotatable bonds is 6. The van der Waals surface area contributed by atoms with Gasteiger partial charge in [-0.2, -0.15) is 9.78 Å². The maximum absolute atomic E-state index is 12.1. The third-order valence-corrected chi connectivity index (χ3v) is 4.35. The van der Waals surface area contributed by atoms with E-state index in [9.17, 15) is 9.59 Å². The lowest BCUT2D eigenvalue weighted by molar-refractivity contribution is -0.311. The van der Waals surface area contributed by atoms with Crippen LogP contribution in [0, 0.1) is 26.4 Å². The van der Waals surface area contributed by atoms with Gasteiger partial charge in [-0.15, -0.1) is 0 Å². The second kappa shape index (κ2) is 9.48. The second-order valence-corrected chi connectivity index (χ2v) is 6.67. The van der Waals surface area contributed by atoms with Crippen LogP contribution in [0.4, 0.5) is 0 Å². The van der Waals surface area contributed by atoms with E-state index in [0.29, 0.717) is 23.7 Å². The Morgan fingerprint density at radius 3 is 1.93 bits per heavy atom. The minimum atomic E-state index is -0.700. The first-order valence-corrected chi connectivity index (χ1v) is 9.12. The predicted molar refractivity (Wildman–Crippen MR) is 101 cm³/mol. The summed E-state index contributed by atoms with van der Waals surface area (Å²) in [5.41, 5.74) is 2.85. The summed E-state index contributed by atoms with van der Waals surface area (Å²) >= 11 is 0. The van der Waals surface area contributed by atoms with E-state index in [1.165, 1.54) is 0 Å². The van der Waals surface area contributed by atoms with Crippen LogP contribution in [0.5, 0.6) is 0 Å². The number of benzene rings is 2. The highest BCUT2D eigenvalue weighted by molar-refractivity contribution is 5.89. The summed E-state index contributed by atoms with van der Waals surface area (Å²) in [6, 6.07) is 13.9. The van der Waals surface area contributed by atoms with Crippen molar-refractivity contribution in [3.63, 3.8) is 0 Å². The molecule has 6 nitrogen and oxygen atoms in total. The van der Waals surface area contributed by atoms with Gasteiger partial charge < -0.3 is 0 Å². The molecule has 2 radical (unpaired) electrons. The summed E-state index contributed by atoms with van der Waals surface area (Å²) in [5, 5.41) is 0. The molecule has 0 saturated heterocycles.